The number of aromatic amines is 1. The van der Waals surface area contributed by atoms with Gasteiger partial charge in [0.2, 0.25) is 0 Å². The van der Waals surface area contributed by atoms with Gasteiger partial charge in [-0.3, -0.25) is 0 Å². The second-order valence-electron chi connectivity index (χ2n) is 9.17. The van der Waals surface area contributed by atoms with E-state index >= 15 is 0 Å². The quantitative estimate of drug-likeness (QED) is 0.577. The number of H-pyrrole nitrogens is 1. The molecule has 1 aliphatic heterocycles. The summed E-state index contributed by atoms with van der Waals surface area (Å²) in [7, 11) is 0. The van der Waals surface area contributed by atoms with Gasteiger partial charge in [0.05, 0.1) is 28.5 Å². The number of imidazole rings is 1. The van der Waals surface area contributed by atoms with Gasteiger partial charge in [-0.2, -0.15) is 0 Å². The number of aliphatic hydroxyl groups is 1. The van der Waals surface area contributed by atoms with E-state index in [1.807, 2.05) is 0 Å². The van der Waals surface area contributed by atoms with Gasteiger partial charge in [0, 0.05) is 16.7 Å². The number of nitrogens with one attached hydrogen (secondary N) is 2. The molecule has 4 heteroatoms. The Kier molecular flexibility index (Phi) is 3.20. The van der Waals surface area contributed by atoms with Crippen LogP contribution in [0.1, 0.15) is 51.2 Å². The lowest BCUT2D eigenvalue weighted by Crippen LogP contribution is -2.65. The molecule has 140 valence electrons. The van der Waals surface area contributed by atoms with Crippen LogP contribution >= 0.6 is 0 Å². The highest BCUT2D eigenvalue weighted by molar-refractivity contribution is 5.93. The predicted octanol–water partition coefficient (Wildman–Crippen LogP) is 4.92. The second-order valence-corrected chi connectivity index (χ2v) is 9.17. The molecule has 2 aromatic carbocycles. The average molecular weight is 361 g/mol. The molecular weight excluding hydrogens is 334 g/mol. The van der Waals surface area contributed by atoms with Crippen molar-refractivity contribution in [2.24, 2.45) is 0 Å². The fourth-order valence-electron chi connectivity index (χ4n) is 5.67. The van der Waals surface area contributed by atoms with Gasteiger partial charge in [0.25, 0.3) is 0 Å². The molecule has 2 atom stereocenters. The first kappa shape index (κ1) is 16.8. The van der Waals surface area contributed by atoms with E-state index in [0.29, 0.717) is 0 Å². The number of hydrogen-bond donors (Lipinski definition) is 3. The summed E-state index contributed by atoms with van der Waals surface area (Å²) in [5, 5.41) is 15.3. The Morgan fingerprint density at radius 3 is 2.70 bits per heavy atom. The topological polar surface area (TPSA) is 60.9 Å². The van der Waals surface area contributed by atoms with E-state index in [1.54, 1.807) is 6.33 Å². The van der Waals surface area contributed by atoms with Gasteiger partial charge < -0.3 is 15.4 Å². The molecule has 2 aliphatic rings. The zero-order chi connectivity index (χ0) is 19.0. The monoisotopic (exact) mass is 361 g/mol. The largest absolute Gasteiger partial charge is 0.387 e. The van der Waals surface area contributed by atoms with Crippen molar-refractivity contribution in [1.82, 2.24) is 9.97 Å². The van der Waals surface area contributed by atoms with Crippen LogP contribution in [0.25, 0.3) is 22.2 Å². The summed E-state index contributed by atoms with van der Waals surface area (Å²) in [5.41, 5.74) is 6.58. The molecule has 0 bridgehead atoms. The summed E-state index contributed by atoms with van der Waals surface area (Å²) < 4.78 is 0. The first-order valence-electron chi connectivity index (χ1n) is 9.84. The molecule has 3 N–H and O–H groups in total. The lowest BCUT2D eigenvalue weighted by atomic mass is 9.60. The molecule has 27 heavy (non-hydrogen) atoms. The third-order valence-electron chi connectivity index (χ3n) is 7.20. The number of aromatic nitrogens is 2. The first-order chi connectivity index (χ1) is 12.8. The van der Waals surface area contributed by atoms with E-state index in [1.165, 1.54) is 11.1 Å². The smallest absolute Gasteiger partial charge is 0.0964 e. The number of hydrogen-bond acceptors (Lipinski definition) is 3. The zero-order valence-electron chi connectivity index (χ0n) is 16.5. The lowest BCUT2D eigenvalue weighted by molar-refractivity contribution is -0.0628. The molecule has 1 aliphatic carbocycles. The summed E-state index contributed by atoms with van der Waals surface area (Å²) in [4.78, 5) is 7.78. The van der Waals surface area contributed by atoms with Crippen LogP contribution in [0.15, 0.2) is 36.7 Å². The minimum absolute atomic E-state index is 0.248. The Labute approximate surface area is 160 Å². The summed E-state index contributed by atoms with van der Waals surface area (Å²) in [5.74, 6) is 0. The molecule has 1 fully saturated rings. The minimum atomic E-state index is -0.750. The van der Waals surface area contributed by atoms with E-state index in [9.17, 15) is 5.11 Å². The van der Waals surface area contributed by atoms with E-state index in [2.05, 4.69) is 73.3 Å². The predicted molar refractivity (Wildman–Crippen MR) is 110 cm³/mol. The van der Waals surface area contributed by atoms with Crippen molar-refractivity contribution in [3.8, 4) is 11.1 Å². The number of aryl methyl sites for hydroxylation is 1. The maximum Gasteiger partial charge on any atom is 0.0964 e. The number of benzene rings is 2. The molecule has 0 spiro atoms. The maximum atomic E-state index is 11.7. The third kappa shape index (κ3) is 2.05. The number of rotatable bonds is 1. The molecule has 3 aromatic rings. The van der Waals surface area contributed by atoms with E-state index in [4.69, 9.17) is 0 Å². The van der Waals surface area contributed by atoms with E-state index in [-0.39, 0.29) is 11.0 Å². The highest BCUT2D eigenvalue weighted by atomic mass is 16.3. The van der Waals surface area contributed by atoms with Crippen LogP contribution in [0.2, 0.25) is 0 Å². The maximum absolute atomic E-state index is 11.7. The van der Waals surface area contributed by atoms with Gasteiger partial charge in [0.15, 0.2) is 0 Å². The van der Waals surface area contributed by atoms with Gasteiger partial charge in [-0.1, -0.05) is 13.0 Å². The van der Waals surface area contributed by atoms with Crippen molar-refractivity contribution >= 4 is 16.7 Å². The molecular formula is C23H27N3O. The minimum Gasteiger partial charge on any atom is -0.387 e. The molecule has 0 saturated heterocycles. The van der Waals surface area contributed by atoms with Crippen molar-refractivity contribution in [1.29, 1.82) is 0 Å². The molecule has 0 amide bonds. The fraction of sp³-hybridized carbons (Fsp3) is 0.435. The Balaban J connectivity index is 1.74. The van der Waals surface area contributed by atoms with Crippen LogP contribution in [0, 0.1) is 6.92 Å². The Bertz CT molecular complexity index is 1070. The molecule has 1 saturated carbocycles. The Morgan fingerprint density at radius 2 is 1.89 bits per heavy atom. The molecule has 0 radical (unpaired) electrons. The molecule has 4 nitrogen and oxygen atoms in total. The molecule has 2 unspecified atom stereocenters. The van der Waals surface area contributed by atoms with Crippen LogP contribution in [0.4, 0.5) is 5.69 Å². The Morgan fingerprint density at radius 1 is 1.07 bits per heavy atom. The molecule has 1 aromatic heterocycles. The first-order valence-corrected chi connectivity index (χ1v) is 9.84. The van der Waals surface area contributed by atoms with Crippen LogP contribution < -0.4 is 5.32 Å². The van der Waals surface area contributed by atoms with Crippen molar-refractivity contribution < 1.29 is 5.11 Å². The van der Waals surface area contributed by atoms with E-state index in [0.717, 1.165) is 47.1 Å². The summed E-state index contributed by atoms with van der Waals surface area (Å²) in [6, 6.07) is 11.0. The third-order valence-corrected chi connectivity index (χ3v) is 7.20. The SMILES string of the molecule is Cc1cc(-c2ccc3c(c2)C2(C)CCCC2(O)C(C)(C)N3)c2nc[nH]c2c1. The van der Waals surface area contributed by atoms with Crippen LogP contribution in [0.5, 0.6) is 0 Å². The number of anilines is 1. The van der Waals surface area contributed by atoms with Crippen LogP contribution in [0.3, 0.4) is 0 Å². The van der Waals surface area contributed by atoms with Gasteiger partial charge >= 0.3 is 0 Å². The van der Waals surface area contributed by atoms with Crippen molar-refractivity contribution in [2.45, 2.75) is 63.5 Å². The van der Waals surface area contributed by atoms with Gasteiger partial charge in [-0.15, -0.1) is 0 Å². The summed E-state index contributed by atoms with van der Waals surface area (Å²) in [6.45, 7) is 8.61. The summed E-state index contributed by atoms with van der Waals surface area (Å²) >= 11 is 0. The normalized spacial score (nSPS) is 28.6. The highest BCUT2D eigenvalue weighted by Gasteiger charge is 2.62. The van der Waals surface area contributed by atoms with Crippen LogP contribution in [-0.2, 0) is 5.41 Å². The van der Waals surface area contributed by atoms with Gasteiger partial charge in [-0.25, -0.2) is 4.98 Å². The van der Waals surface area contributed by atoms with Crippen molar-refractivity contribution in [2.75, 3.05) is 5.32 Å². The van der Waals surface area contributed by atoms with Gasteiger partial charge in [0.1, 0.15) is 0 Å². The van der Waals surface area contributed by atoms with Gasteiger partial charge in [-0.05, 0) is 81.0 Å². The van der Waals surface area contributed by atoms with Crippen molar-refractivity contribution in [3.05, 3.63) is 47.8 Å². The number of fused-ring (bicyclic) bond motifs is 4. The highest BCUT2D eigenvalue weighted by Crippen LogP contribution is 2.58. The lowest BCUT2D eigenvalue weighted by Gasteiger charge is -2.55. The molecule has 2 heterocycles. The molecule has 5 rings (SSSR count). The second kappa shape index (κ2) is 5.14. The van der Waals surface area contributed by atoms with Crippen molar-refractivity contribution in [3.63, 3.8) is 0 Å². The summed E-state index contributed by atoms with van der Waals surface area (Å²) in [6.07, 6.45) is 4.65. The fourth-order valence-corrected chi connectivity index (χ4v) is 5.67. The average Bonchev–Trinajstić information content (AvgIpc) is 3.20. The standard InChI is InChI=1S/C23H27N3O/c1-14-10-16(20-19(11-14)24-13-25-20)15-6-7-18-17(12-15)22(4)8-5-9-23(22,27)21(2,3)26-18/h6-7,10-13,26-27H,5,8-9H2,1-4H3,(H,24,25). The van der Waals surface area contributed by atoms with Crippen LogP contribution in [-0.4, -0.2) is 26.2 Å². The Hall–Kier alpha value is -2.33. The van der Waals surface area contributed by atoms with E-state index < -0.39 is 5.60 Å². The number of nitrogens with zero attached hydrogens (tertiary/aromatic N) is 1. The zero-order valence-corrected chi connectivity index (χ0v) is 16.5.